The van der Waals surface area contributed by atoms with E-state index < -0.39 is 0 Å². The summed E-state index contributed by atoms with van der Waals surface area (Å²) in [5.74, 6) is 2.72. The van der Waals surface area contributed by atoms with Gasteiger partial charge < -0.3 is 5.41 Å². The molecule has 1 N–H and O–H groups in total. The number of Topliss-reactive ketones (excluding diaryl/α,β-unsaturated/α-hetero) is 1. The van der Waals surface area contributed by atoms with E-state index in [0.29, 0.717) is 17.1 Å². The second-order valence-electron chi connectivity index (χ2n) is 8.83. The Morgan fingerprint density at radius 2 is 1.83 bits per heavy atom. The van der Waals surface area contributed by atoms with Crippen molar-refractivity contribution in [1.82, 2.24) is 0 Å². The van der Waals surface area contributed by atoms with E-state index in [4.69, 9.17) is 5.41 Å². The molecule has 5 unspecified atom stereocenters. The first-order valence-electron chi connectivity index (χ1n) is 9.43. The second-order valence-corrected chi connectivity index (χ2v) is 8.83. The van der Waals surface area contributed by atoms with Gasteiger partial charge in [0.15, 0.2) is 0 Å². The van der Waals surface area contributed by atoms with Crippen molar-refractivity contribution in [3.8, 4) is 0 Å². The zero-order chi connectivity index (χ0) is 16.2. The van der Waals surface area contributed by atoms with Crippen molar-refractivity contribution in [1.29, 1.82) is 5.41 Å². The molecule has 4 aliphatic rings. The van der Waals surface area contributed by atoms with E-state index in [9.17, 15) is 4.79 Å². The van der Waals surface area contributed by atoms with Crippen LogP contribution in [0.25, 0.3) is 0 Å². The standard InChI is InChI=1S/C21H29NO/c1-20-10-7-14(9-12-22)13-15(20)3-4-16-17-5-6-19(23)21(17,2)11-8-18(16)20/h9,12-13,16-18,22H,3-8,10-11H2,1-2H3. The number of carbonyl (C=O) groups excluding carboxylic acids is 1. The fourth-order valence-corrected chi connectivity index (χ4v) is 6.62. The van der Waals surface area contributed by atoms with Crippen molar-refractivity contribution < 1.29 is 4.79 Å². The minimum absolute atomic E-state index is 0.00134. The molecule has 0 aromatic rings. The highest BCUT2D eigenvalue weighted by molar-refractivity contribution is 5.87. The average molecular weight is 311 g/mol. The van der Waals surface area contributed by atoms with E-state index in [1.54, 1.807) is 5.57 Å². The van der Waals surface area contributed by atoms with E-state index in [2.05, 4.69) is 19.9 Å². The minimum Gasteiger partial charge on any atom is -0.309 e. The van der Waals surface area contributed by atoms with Crippen LogP contribution in [0.3, 0.4) is 0 Å². The Kier molecular flexibility index (Phi) is 3.44. The number of nitrogens with one attached hydrogen (secondary N) is 1. The Morgan fingerprint density at radius 3 is 2.61 bits per heavy atom. The number of allylic oxidation sites excluding steroid dienone is 4. The summed E-state index contributed by atoms with van der Waals surface area (Å²) in [6.07, 6.45) is 14.9. The average Bonchev–Trinajstić information content (AvgIpc) is 2.84. The van der Waals surface area contributed by atoms with Gasteiger partial charge in [0.25, 0.3) is 0 Å². The lowest BCUT2D eigenvalue weighted by Gasteiger charge is -2.57. The van der Waals surface area contributed by atoms with Crippen LogP contribution in [0.5, 0.6) is 0 Å². The van der Waals surface area contributed by atoms with Crippen molar-refractivity contribution in [3.63, 3.8) is 0 Å². The van der Waals surface area contributed by atoms with Gasteiger partial charge in [-0.2, -0.15) is 0 Å². The molecule has 4 rings (SSSR count). The number of rotatable bonds is 1. The molecule has 0 aromatic heterocycles. The van der Waals surface area contributed by atoms with Crippen molar-refractivity contribution in [2.24, 2.45) is 28.6 Å². The molecular weight excluding hydrogens is 282 g/mol. The van der Waals surface area contributed by atoms with Crippen LogP contribution in [0, 0.1) is 34.0 Å². The molecule has 2 nitrogen and oxygen atoms in total. The van der Waals surface area contributed by atoms with Crippen LogP contribution < -0.4 is 0 Å². The van der Waals surface area contributed by atoms with Crippen LogP contribution in [0.2, 0.25) is 0 Å². The molecule has 0 radical (unpaired) electrons. The normalized spacial score (nSPS) is 47.6. The SMILES string of the molecule is CC12CCC3C(CCC4=CC(=CC=N)CCC43C)C1CCC2=O. The van der Waals surface area contributed by atoms with Crippen molar-refractivity contribution >= 4 is 12.0 Å². The second kappa shape index (κ2) is 5.16. The molecule has 124 valence electrons. The lowest BCUT2D eigenvalue weighted by atomic mass is 9.47. The summed E-state index contributed by atoms with van der Waals surface area (Å²) in [5, 5.41) is 7.32. The highest BCUT2D eigenvalue weighted by Gasteiger charge is 2.58. The van der Waals surface area contributed by atoms with Crippen LogP contribution in [-0.2, 0) is 4.79 Å². The fraction of sp³-hybridized carbons (Fsp3) is 0.714. The summed E-state index contributed by atoms with van der Waals surface area (Å²) < 4.78 is 0. The number of ketones is 1. The number of hydrogen-bond acceptors (Lipinski definition) is 2. The maximum atomic E-state index is 12.4. The largest absolute Gasteiger partial charge is 0.309 e. The Balaban J connectivity index is 1.67. The van der Waals surface area contributed by atoms with E-state index in [-0.39, 0.29) is 5.41 Å². The van der Waals surface area contributed by atoms with Gasteiger partial charge in [-0.3, -0.25) is 4.79 Å². The molecule has 3 fully saturated rings. The van der Waals surface area contributed by atoms with Gasteiger partial charge in [-0.05, 0) is 79.8 Å². The quantitative estimate of drug-likeness (QED) is 0.673. The summed E-state index contributed by atoms with van der Waals surface area (Å²) in [7, 11) is 0. The molecule has 2 heteroatoms. The first-order valence-corrected chi connectivity index (χ1v) is 9.43. The predicted octanol–water partition coefficient (Wildman–Crippen LogP) is 5.09. The molecule has 0 aromatic carbocycles. The molecule has 0 amide bonds. The van der Waals surface area contributed by atoms with Crippen molar-refractivity contribution in [2.45, 2.75) is 65.2 Å². The van der Waals surface area contributed by atoms with E-state index in [0.717, 1.165) is 37.5 Å². The van der Waals surface area contributed by atoms with E-state index in [1.165, 1.54) is 37.5 Å². The molecular formula is C21H29NO. The van der Waals surface area contributed by atoms with Gasteiger partial charge in [-0.25, -0.2) is 0 Å². The molecule has 0 spiro atoms. The molecule has 0 saturated heterocycles. The van der Waals surface area contributed by atoms with Crippen LogP contribution in [0.4, 0.5) is 0 Å². The van der Waals surface area contributed by atoms with Gasteiger partial charge in [0.2, 0.25) is 0 Å². The van der Waals surface area contributed by atoms with Crippen molar-refractivity contribution in [3.05, 3.63) is 23.3 Å². The van der Waals surface area contributed by atoms with Crippen LogP contribution in [0.15, 0.2) is 23.3 Å². The van der Waals surface area contributed by atoms with Gasteiger partial charge in [0.1, 0.15) is 5.78 Å². The van der Waals surface area contributed by atoms with Gasteiger partial charge in [0.05, 0.1) is 0 Å². The third-order valence-electron chi connectivity index (χ3n) is 8.04. The maximum Gasteiger partial charge on any atom is 0.139 e. The highest BCUT2D eigenvalue weighted by Crippen LogP contribution is 2.64. The summed E-state index contributed by atoms with van der Waals surface area (Å²) >= 11 is 0. The first-order chi connectivity index (χ1) is 11.0. The summed E-state index contributed by atoms with van der Waals surface area (Å²) in [5.41, 5.74) is 3.31. The summed E-state index contributed by atoms with van der Waals surface area (Å²) in [6.45, 7) is 4.76. The third-order valence-corrected chi connectivity index (χ3v) is 8.04. The zero-order valence-electron chi connectivity index (χ0n) is 14.5. The maximum absolute atomic E-state index is 12.4. The highest BCUT2D eigenvalue weighted by atomic mass is 16.1. The van der Waals surface area contributed by atoms with E-state index in [1.807, 2.05) is 6.08 Å². The molecule has 23 heavy (non-hydrogen) atoms. The lowest BCUT2D eigenvalue weighted by molar-refractivity contribution is -0.132. The van der Waals surface area contributed by atoms with Gasteiger partial charge in [-0.1, -0.05) is 25.5 Å². The molecule has 0 aliphatic heterocycles. The Hall–Kier alpha value is -1.18. The molecule has 0 heterocycles. The van der Waals surface area contributed by atoms with Crippen LogP contribution in [-0.4, -0.2) is 12.0 Å². The predicted molar refractivity (Wildman–Crippen MR) is 93.6 cm³/mol. The Morgan fingerprint density at radius 1 is 1.04 bits per heavy atom. The molecule has 5 atom stereocenters. The Bertz CT molecular complexity index is 615. The molecule has 4 aliphatic carbocycles. The minimum atomic E-state index is -0.00134. The van der Waals surface area contributed by atoms with Crippen LogP contribution in [0.1, 0.15) is 65.2 Å². The molecule has 0 bridgehead atoms. The van der Waals surface area contributed by atoms with E-state index >= 15 is 0 Å². The van der Waals surface area contributed by atoms with Gasteiger partial charge >= 0.3 is 0 Å². The number of hydrogen-bond donors (Lipinski definition) is 1. The molecule has 3 saturated carbocycles. The van der Waals surface area contributed by atoms with Gasteiger partial charge in [0, 0.05) is 18.1 Å². The van der Waals surface area contributed by atoms with Gasteiger partial charge in [-0.15, -0.1) is 0 Å². The number of carbonyl (C=O) groups is 1. The smallest absolute Gasteiger partial charge is 0.139 e. The Labute approximate surface area is 139 Å². The fourth-order valence-electron chi connectivity index (χ4n) is 6.62. The lowest BCUT2D eigenvalue weighted by Crippen LogP contribution is -2.50. The topological polar surface area (TPSA) is 40.9 Å². The van der Waals surface area contributed by atoms with Crippen LogP contribution >= 0.6 is 0 Å². The third kappa shape index (κ3) is 2.06. The first kappa shape index (κ1) is 15.4. The zero-order valence-corrected chi connectivity index (χ0v) is 14.5. The monoisotopic (exact) mass is 311 g/mol. The summed E-state index contributed by atoms with van der Waals surface area (Å²) in [6, 6.07) is 0. The van der Waals surface area contributed by atoms with Crippen molar-refractivity contribution in [2.75, 3.05) is 0 Å². The summed E-state index contributed by atoms with van der Waals surface area (Å²) in [4.78, 5) is 12.4. The number of fused-ring (bicyclic) bond motifs is 5.